The smallest absolute Gasteiger partial charge is 0.320 e. The summed E-state index contributed by atoms with van der Waals surface area (Å²) in [6.45, 7) is 4.70. The van der Waals surface area contributed by atoms with Crippen LogP contribution in [-0.4, -0.2) is 55.0 Å². The van der Waals surface area contributed by atoms with Crippen molar-refractivity contribution in [1.29, 1.82) is 5.26 Å². The Morgan fingerprint density at radius 1 is 1.03 bits per heavy atom. The third-order valence-corrected chi connectivity index (χ3v) is 5.40. The van der Waals surface area contributed by atoms with Crippen molar-refractivity contribution < 1.29 is 9.53 Å². The summed E-state index contributed by atoms with van der Waals surface area (Å²) < 4.78 is 5.40. The SMILES string of the molecule is N#CC(CN1CCCN(CC(=O)OCc2ccccc2)CC1)c1ccc(Cl)cc1. The number of carbonyl (C=O) groups excluding carboxylic acids is 1. The lowest BCUT2D eigenvalue weighted by molar-refractivity contribution is -0.146. The molecule has 0 bridgehead atoms. The van der Waals surface area contributed by atoms with E-state index in [-0.39, 0.29) is 11.9 Å². The Labute approximate surface area is 177 Å². The van der Waals surface area contributed by atoms with Gasteiger partial charge in [0.1, 0.15) is 6.61 Å². The molecule has 1 fully saturated rings. The van der Waals surface area contributed by atoms with E-state index in [1.807, 2.05) is 54.6 Å². The molecule has 1 aliphatic heterocycles. The maximum atomic E-state index is 12.2. The van der Waals surface area contributed by atoms with Crippen molar-refractivity contribution >= 4 is 17.6 Å². The van der Waals surface area contributed by atoms with Gasteiger partial charge in [0, 0.05) is 31.2 Å². The zero-order valence-corrected chi connectivity index (χ0v) is 17.2. The van der Waals surface area contributed by atoms with Crippen LogP contribution in [0.1, 0.15) is 23.5 Å². The van der Waals surface area contributed by atoms with E-state index in [2.05, 4.69) is 15.9 Å². The predicted molar refractivity (Wildman–Crippen MR) is 114 cm³/mol. The van der Waals surface area contributed by atoms with Crippen LogP contribution >= 0.6 is 11.6 Å². The second kappa shape index (κ2) is 11.0. The fraction of sp³-hybridized carbons (Fsp3) is 0.391. The lowest BCUT2D eigenvalue weighted by atomic mass is 10.00. The summed E-state index contributed by atoms with van der Waals surface area (Å²) >= 11 is 5.95. The van der Waals surface area contributed by atoms with Crippen molar-refractivity contribution in [3.8, 4) is 6.07 Å². The maximum Gasteiger partial charge on any atom is 0.320 e. The molecule has 1 aliphatic rings. The highest BCUT2D eigenvalue weighted by Crippen LogP contribution is 2.20. The van der Waals surface area contributed by atoms with Gasteiger partial charge in [0.15, 0.2) is 0 Å². The van der Waals surface area contributed by atoms with Crippen LogP contribution in [0.3, 0.4) is 0 Å². The van der Waals surface area contributed by atoms with E-state index in [1.54, 1.807) is 0 Å². The van der Waals surface area contributed by atoms with Crippen LogP contribution in [0.2, 0.25) is 5.02 Å². The first kappa shape index (κ1) is 21.3. The van der Waals surface area contributed by atoms with Crippen LogP contribution in [0.5, 0.6) is 0 Å². The minimum atomic E-state index is -0.196. The van der Waals surface area contributed by atoms with Crippen LogP contribution in [0.25, 0.3) is 0 Å². The number of hydrogen-bond donors (Lipinski definition) is 0. The Morgan fingerprint density at radius 2 is 1.72 bits per heavy atom. The van der Waals surface area contributed by atoms with Crippen molar-refractivity contribution in [1.82, 2.24) is 9.80 Å². The first-order valence-electron chi connectivity index (χ1n) is 9.93. The fourth-order valence-electron chi connectivity index (χ4n) is 3.51. The van der Waals surface area contributed by atoms with Gasteiger partial charge in [0.05, 0.1) is 18.5 Å². The average molecular weight is 412 g/mol. The molecule has 3 rings (SSSR count). The van der Waals surface area contributed by atoms with Gasteiger partial charge in [-0.2, -0.15) is 5.26 Å². The number of nitrogens with zero attached hydrogens (tertiary/aromatic N) is 3. The summed E-state index contributed by atoms with van der Waals surface area (Å²) in [6, 6.07) is 19.6. The minimum absolute atomic E-state index is 0.186. The average Bonchev–Trinajstić information content (AvgIpc) is 2.97. The number of esters is 1. The van der Waals surface area contributed by atoms with Gasteiger partial charge < -0.3 is 9.64 Å². The molecule has 1 heterocycles. The van der Waals surface area contributed by atoms with Gasteiger partial charge in [0.2, 0.25) is 0 Å². The summed E-state index contributed by atoms with van der Waals surface area (Å²) in [4.78, 5) is 16.6. The van der Waals surface area contributed by atoms with Gasteiger partial charge in [0.25, 0.3) is 0 Å². The van der Waals surface area contributed by atoms with Gasteiger partial charge in [-0.3, -0.25) is 9.69 Å². The molecule has 5 nitrogen and oxygen atoms in total. The number of rotatable bonds is 7. The molecule has 1 atom stereocenters. The zero-order valence-electron chi connectivity index (χ0n) is 16.5. The van der Waals surface area contributed by atoms with Crippen LogP contribution in [0.15, 0.2) is 54.6 Å². The van der Waals surface area contributed by atoms with Crippen LogP contribution in [0.4, 0.5) is 0 Å². The van der Waals surface area contributed by atoms with E-state index in [4.69, 9.17) is 16.3 Å². The molecule has 0 spiro atoms. The standard InChI is InChI=1S/C23H26ClN3O2/c24-22-9-7-20(8-10-22)21(15-25)16-26-11-4-12-27(14-13-26)17-23(28)29-18-19-5-2-1-3-6-19/h1-3,5-10,21H,4,11-14,16-18H2. The quantitative estimate of drug-likeness (QED) is 0.650. The number of halogens is 1. The molecule has 29 heavy (non-hydrogen) atoms. The third-order valence-electron chi connectivity index (χ3n) is 5.15. The Bertz CT molecular complexity index is 820. The zero-order chi connectivity index (χ0) is 20.5. The number of nitriles is 1. The van der Waals surface area contributed by atoms with E-state index in [0.29, 0.717) is 24.7 Å². The summed E-state index contributed by atoms with van der Waals surface area (Å²) in [5.41, 5.74) is 1.98. The van der Waals surface area contributed by atoms with Crippen molar-refractivity contribution in [3.05, 3.63) is 70.7 Å². The molecule has 0 aromatic heterocycles. The Morgan fingerprint density at radius 3 is 2.45 bits per heavy atom. The number of benzene rings is 2. The predicted octanol–water partition coefficient (Wildman–Crippen LogP) is 3.70. The topological polar surface area (TPSA) is 56.6 Å². The third kappa shape index (κ3) is 6.86. The second-order valence-corrected chi connectivity index (χ2v) is 7.75. The molecule has 0 aliphatic carbocycles. The van der Waals surface area contributed by atoms with Crippen molar-refractivity contribution in [3.63, 3.8) is 0 Å². The summed E-state index contributed by atoms with van der Waals surface area (Å²) in [7, 11) is 0. The van der Waals surface area contributed by atoms with Crippen LogP contribution in [0, 0.1) is 11.3 Å². The van der Waals surface area contributed by atoms with Gasteiger partial charge in [-0.15, -0.1) is 0 Å². The summed E-state index contributed by atoms with van der Waals surface area (Å²) in [5.74, 6) is -0.381. The Balaban J connectivity index is 1.45. The molecule has 0 N–H and O–H groups in total. The molecular weight excluding hydrogens is 386 g/mol. The lowest BCUT2D eigenvalue weighted by Gasteiger charge is -2.23. The summed E-state index contributed by atoms with van der Waals surface area (Å²) in [5, 5.41) is 10.3. The maximum absolute atomic E-state index is 12.2. The molecule has 0 saturated carbocycles. The van der Waals surface area contributed by atoms with Crippen molar-refractivity contribution in [2.75, 3.05) is 39.3 Å². The monoisotopic (exact) mass is 411 g/mol. The molecule has 6 heteroatoms. The van der Waals surface area contributed by atoms with Gasteiger partial charge in [-0.05, 0) is 36.2 Å². The van der Waals surface area contributed by atoms with Crippen molar-refractivity contribution in [2.24, 2.45) is 0 Å². The highest BCUT2D eigenvalue weighted by molar-refractivity contribution is 6.30. The minimum Gasteiger partial charge on any atom is -0.460 e. The highest BCUT2D eigenvalue weighted by Gasteiger charge is 2.21. The molecule has 152 valence electrons. The Kier molecular flexibility index (Phi) is 8.06. The van der Waals surface area contributed by atoms with Crippen LogP contribution < -0.4 is 0 Å². The van der Waals surface area contributed by atoms with E-state index in [9.17, 15) is 10.1 Å². The first-order chi connectivity index (χ1) is 14.1. The normalized spacial score (nSPS) is 16.6. The fourth-order valence-corrected chi connectivity index (χ4v) is 3.63. The number of ether oxygens (including phenoxy) is 1. The van der Waals surface area contributed by atoms with E-state index < -0.39 is 0 Å². The molecule has 1 saturated heterocycles. The molecule has 0 amide bonds. The summed E-state index contributed by atoms with van der Waals surface area (Å²) in [6.07, 6.45) is 0.963. The van der Waals surface area contributed by atoms with E-state index >= 15 is 0 Å². The molecule has 2 aromatic rings. The largest absolute Gasteiger partial charge is 0.460 e. The Hall–Kier alpha value is -2.39. The number of hydrogen-bond acceptors (Lipinski definition) is 5. The van der Waals surface area contributed by atoms with Gasteiger partial charge >= 0.3 is 5.97 Å². The second-order valence-electron chi connectivity index (χ2n) is 7.31. The van der Waals surface area contributed by atoms with E-state index in [0.717, 1.165) is 43.7 Å². The van der Waals surface area contributed by atoms with Crippen LogP contribution in [-0.2, 0) is 16.1 Å². The van der Waals surface area contributed by atoms with E-state index in [1.165, 1.54) is 0 Å². The van der Waals surface area contributed by atoms with Gasteiger partial charge in [-0.25, -0.2) is 0 Å². The molecule has 2 aromatic carbocycles. The van der Waals surface area contributed by atoms with Gasteiger partial charge in [-0.1, -0.05) is 54.1 Å². The highest BCUT2D eigenvalue weighted by atomic mass is 35.5. The first-order valence-corrected chi connectivity index (χ1v) is 10.3. The molecular formula is C23H26ClN3O2. The lowest BCUT2D eigenvalue weighted by Crippen LogP contribution is -2.36. The van der Waals surface area contributed by atoms with Crippen molar-refractivity contribution in [2.45, 2.75) is 18.9 Å². The molecule has 1 unspecified atom stereocenters. The molecule has 0 radical (unpaired) electrons. The number of carbonyl (C=O) groups is 1.